The minimum atomic E-state index is -1.30. The van der Waals surface area contributed by atoms with Crippen LogP contribution in [0.5, 0.6) is 5.75 Å². The Balaban J connectivity index is 1.34. The molecule has 0 saturated carbocycles. The minimum Gasteiger partial charge on any atom is -0.483 e. The maximum atomic E-state index is 14.1. The second-order valence-corrected chi connectivity index (χ2v) is 18.5. The molecule has 0 aromatic heterocycles. The number of morpholine rings is 1. The van der Waals surface area contributed by atoms with Crippen LogP contribution in [-0.2, 0) is 38.0 Å². The monoisotopic (exact) mass is 820 g/mol. The van der Waals surface area contributed by atoms with Crippen molar-refractivity contribution in [2.45, 2.75) is 161 Å². The molecule has 0 spiro atoms. The standard InChI is InChI=1S/C45H77N3O10/c1-28-21-29(2)39(57-43-40(37(46-10)24-34(7)53-43)55-36-15-13-12-14-16-36)30(3)22-31(4)41(49)58-42(32(5)23-33(6)47-26-28)56-38-25-44(9,51-11)45(50,35(8)54-38)27-48-17-19-52-20-18-48/h12-16,28-35,37-40,42-43,46-47,50H,17-27H2,1-11H3/t28?,29?,30?,31?,32?,33?,34-,35+,37+,38-,39?,40-,42?,43+,44-,45+/m1/s1. The second-order valence-electron chi connectivity index (χ2n) is 18.5. The van der Waals surface area contributed by atoms with E-state index in [4.69, 9.17) is 37.9 Å². The summed E-state index contributed by atoms with van der Waals surface area (Å²) in [5.41, 5.74) is -2.29. The molecule has 8 unspecified atom stereocenters. The van der Waals surface area contributed by atoms with E-state index in [2.05, 4.69) is 57.1 Å². The van der Waals surface area contributed by atoms with Crippen molar-refractivity contribution in [3.05, 3.63) is 30.3 Å². The van der Waals surface area contributed by atoms with Gasteiger partial charge in [-0.2, -0.15) is 0 Å². The van der Waals surface area contributed by atoms with E-state index >= 15 is 0 Å². The van der Waals surface area contributed by atoms with Crippen molar-refractivity contribution in [2.75, 3.05) is 53.6 Å². The lowest BCUT2D eigenvalue weighted by atomic mass is 9.75. The zero-order valence-electron chi connectivity index (χ0n) is 37.3. The van der Waals surface area contributed by atoms with Crippen LogP contribution in [0.2, 0.25) is 0 Å². The quantitative estimate of drug-likeness (QED) is 0.261. The molecule has 4 aliphatic heterocycles. The first-order valence-corrected chi connectivity index (χ1v) is 22.1. The number of benzene rings is 1. The van der Waals surface area contributed by atoms with Crippen LogP contribution in [0.25, 0.3) is 0 Å². The number of β-amino-alcohol motifs (C(OH)–C–C–N with tert-alkyl or cyclic N) is 1. The highest BCUT2D eigenvalue weighted by Gasteiger charge is 2.58. The number of carbonyl (C=O) groups is 1. The Morgan fingerprint density at radius 2 is 1.57 bits per heavy atom. The highest BCUT2D eigenvalue weighted by atomic mass is 16.8. The van der Waals surface area contributed by atoms with Crippen molar-refractivity contribution < 1.29 is 47.8 Å². The lowest BCUT2D eigenvalue weighted by Gasteiger charge is -2.54. The molecule has 0 radical (unpaired) electrons. The molecule has 3 N–H and O–H groups in total. The predicted molar refractivity (Wildman–Crippen MR) is 222 cm³/mol. The van der Waals surface area contributed by atoms with Gasteiger partial charge >= 0.3 is 5.97 Å². The summed E-state index contributed by atoms with van der Waals surface area (Å²) in [5, 5.41) is 19.4. The fourth-order valence-corrected chi connectivity index (χ4v) is 9.72. The SMILES string of the molecule is CN[C@H]1C[C@@H](C)O[C@@H](OC2C(C)CC(C)CNC(C)CC(C)C(O[C@@H]3C[C@@](C)(OC)[C@](O)(CN4CCOCC4)[C@H](C)O3)OC(=O)C(C)CC2C)[C@@H]1Oc1ccccc1. The topological polar surface area (TPSA) is 138 Å². The van der Waals surface area contributed by atoms with Gasteiger partial charge in [-0.3, -0.25) is 9.69 Å². The smallest absolute Gasteiger partial charge is 0.310 e. The molecule has 0 amide bonds. The predicted octanol–water partition coefficient (Wildman–Crippen LogP) is 5.37. The number of aliphatic hydroxyl groups is 1. The summed E-state index contributed by atoms with van der Waals surface area (Å²) < 4.78 is 51.3. The number of carbonyl (C=O) groups excluding carboxylic acids is 1. The Morgan fingerprint density at radius 1 is 0.879 bits per heavy atom. The molecule has 4 heterocycles. The number of para-hydroxylation sites is 1. The van der Waals surface area contributed by atoms with Crippen molar-refractivity contribution >= 4 is 5.97 Å². The molecule has 1 aromatic rings. The minimum absolute atomic E-state index is 0.0149. The molecule has 58 heavy (non-hydrogen) atoms. The van der Waals surface area contributed by atoms with E-state index in [-0.39, 0.29) is 60.5 Å². The van der Waals surface area contributed by atoms with Crippen LogP contribution in [-0.4, -0.2) is 136 Å². The second kappa shape index (κ2) is 21.3. The van der Waals surface area contributed by atoms with Crippen LogP contribution in [0.3, 0.4) is 0 Å². The van der Waals surface area contributed by atoms with E-state index < -0.39 is 42.1 Å². The van der Waals surface area contributed by atoms with Crippen molar-refractivity contribution in [3.63, 3.8) is 0 Å². The van der Waals surface area contributed by atoms with E-state index in [0.717, 1.165) is 38.2 Å². The third kappa shape index (κ3) is 11.9. The van der Waals surface area contributed by atoms with E-state index in [1.165, 1.54) is 0 Å². The zero-order valence-corrected chi connectivity index (χ0v) is 37.3. The van der Waals surface area contributed by atoms with Crippen LogP contribution in [0.1, 0.15) is 94.4 Å². The Morgan fingerprint density at radius 3 is 2.24 bits per heavy atom. The van der Waals surface area contributed by atoms with Gasteiger partial charge in [0.05, 0.1) is 43.5 Å². The summed E-state index contributed by atoms with van der Waals surface area (Å²) in [6.07, 6.45) is -0.254. The van der Waals surface area contributed by atoms with Crippen molar-refractivity contribution in [1.82, 2.24) is 15.5 Å². The van der Waals surface area contributed by atoms with E-state index in [9.17, 15) is 9.90 Å². The summed E-state index contributed by atoms with van der Waals surface area (Å²) in [6.45, 7) is 22.6. The number of hydrogen-bond acceptors (Lipinski definition) is 13. The molecule has 4 fully saturated rings. The lowest BCUT2D eigenvalue weighted by Crippen LogP contribution is -2.70. The average molecular weight is 820 g/mol. The third-order valence-electron chi connectivity index (χ3n) is 13.4. The number of hydrogen-bond donors (Lipinski definition) is 3. The average Bonchev–Trinajstić information content (AvgIpc) is 3.19. The Bertz CT molecular complexity index is 1390. The number of likely N-dealkylation sites (N-methyl/N-ethyl adjacent to an activating group) is 1. The van der Waals surface area contributed by atoms with Gasteiger partial charge in [0.2, 0.25) is 6.29 Å². The molecule has 0 bridgehead atoms. The van der Waals surface area contributed by atoms with E-state index in [1.54, 1.807) is 7.11 Å². The van der Waals surface area contributed by atoms with Gasteiger partial charge in [0, 0.05) is 45.1 Å². The number of esters is 1. The van der Waals surface area contributed by atoms with Crippen molar-refractivity contribution in [1.29, 1.82) is 0 Å². The van der Waals surface area contributed by atoms with Gasteiger partial charge in [0.25, 0.3) is 0 Å². The van der Waals surface area contributed by atoms with Crippen LogP contribution in [0.15, 0.2) is 30.3 Å². The maximum Gasteiger partial charge on any atom is 0.310 e. The molecule has 1 aromatic carbocycles. The van der Waals surface area contributed by atoms with Gasteiger partial charge in [-0.25, -0.2) is 0 Å². The molecule has 16 atom stereocenters. The molecule has 4 saturated heterocycles. The number of nitrogens with zero attached hydrogens (tertiary/aromatic N) is 1. The Kier molecular flexibility index (Phi) is 17.3. The third-order valence-corrected chi connectivity index (χ3v) is 13.4. The van der Waals surface area contributed by atoms with Gasteiger partial charge in [-0.15, -0.1) is 0 Å². The molecular formula is C45H77N3O10. The van der Waals surface area contributed by atoms with Crippen LogP contribution >= 0.6 is 0 Å². The fraction of sp³-hybridized carbons (Fsp3) is 0.844. The molecule has 13 heteroatoms. The molecule has 13 nitrogen and oxygen atoms in total. The summed E-state index contributed by atoms with van der Waals surface area (Å²) in [7, 11) is 3.58. The zero-order chi connectivity index (χ0) is 42.2. The van der Waals surface area contributed by atoms with E-state index in [1.807, 2.05) is 58.2 Å². The first kappa shape index (κ1) is 47.1. The van der Waals surface area contributed by atoms with Gasteiger partial charge < -0.3 is 53.6 Å². The number of cyclic esters (lactones) is 1. The van der Waals surface area contributed by atoms with Gasteiger partial charge in [0.1, 0.15) is 17.0 Å². The van der Waals surface area contributed by atoms with Crippen LogP contribution in [0, 0.1) is 29.6 Å². The van der Waals surface area contributed by atoms with Crippen molar-refractivity contribution in [3.8, 4) is 5.75 Å². The molecule has 4 aliphatic rings. The highest BCUT2D eigenvalue weighted by molar-refractivity contribution is 5.72. The first-order valence-electron chi connectivity index (χ1n) is 22.1. The molecule has 0 aliphatic carbocycles. The summed E-state index contributed by atoms with van der Waals surface area (Å²) in [4.78, 5) is 16.3. The van der Waals surface area contributed by atoms with Gasteiger partial charge in [-0.1, -0.05) is 52.8 Å². The van der Waals surface area contributed by atoms with Crippen molar-refractivity contribution in [2.24, 2.45) is 29.6 Å². The number of ether oxygens (including phenoxy) is 8. The molecule has 332 valence electrons. The number of nitrogens with one attached hydrogen (secondary N) is 2. The summed E-state index contributed by atoms with van der Waals surface area (Å²) in [5.74, 6) is 0.364. The van der Waals surface area contributed by atoms with Gasteiger partial charge in [-0.05, 0) is 96.9 Å². The summed E-state index contributed by atoms with van der Waals surface area (Å²) >= 11 is 0. The largest absolute Gasteiger partial charge is 0.483 e. The Labute approximate surface area is 348 Å². The van der Waals surface area contributed by atoms with Crippen LogP contribution in [0.4, 0.5) is 0 Å². The highest BCUT2D eigenvalue weighted by Crippen LogP contribution is 2.42. The fourth-order valence-electron chi connectivity index (χ4n) is 9.72. The number of rotatable bonds is 10. The number of methoxy groups -OCH3 is 1. The first-order chi connectivity index (χ1) is 27.5. The normalized spacial score (nSPS) is 43.1. The van der Waals surface area contributed by atoms with E-state index in [0.29, 0.717) is 38.5 Å². The molecule has 5 rings (SSSR count). The molecular weight excluding hydrogens is 743 g/mol. The lowest BCUT2D eigenvalue weighted by molar-refractivity contribution is -0.347. The van der Waals surface area contributed by atoms with Crippen LogP contribution < -0.4 is 15.4 Å². The summed E-state index contributed by atoms with van der Waals surface area (Å²) in [6, 6.07) is 9.99. The van der Waals surface area contributed by atoms with Gasteiger partial charge in [0.15, 0.2) is 18.7 Å². The maximum absolute atomic E-state index is 14.1. The Hall–Kier alpha value is -1.91.